The maximum atomic E-state index is 3.26. The first-order valence-electron chi connectivity index (χ1n) is 2.02. The number of halogens is 1. The quantitative estimate of drug-likeness (QED) is 0.506. The van der Waals surface area contributed by atoms with Crippen molar-refractivity contribution in [1.29, 1.82) is 0 Å². The van der Waals surface area contributed by atoms with E-state index in [0.29, 0.717) is 0 Å². The van der Waals surface area contributed by atoms with Gasteiger partial charge >= 0.3 is 0 Å². The monoisotopic (exact) mass is 158 g/mol. The number of hydrogen-bond acceptors (Lipinski definition) is 0. The van der Waals surface area contributed by atoms with Crippen LogP contribution in [0, 0.1) is 0 Å². The third-order valence-corrected chi connectivity index (χ3v) is 1.16. The van der Waals surface area contributed by atoms with Crippen LogP contribution in [0.1, 0.15) is 0 Å². The number of aromatic amines is 1. The van der Waals surface area contributed by atoms with Crippen molar-refractivity contribution in [3.8, 4) is 0 Å². The van der Waals surface area contributed by atoms with Crippen molar-refractivity contribution >= 4 is 15.9 Å². The first kappa shape index (κ1) is 4.78. The molecule has 0 radical (unpaired) electrons. The summed E-state index contributed by atoms with van der Waals surface area (Å²) in [5.41, 5.74) is 0. The van der Waals surface area contributed by atoms with Crippen molar-refractivity contribution < 1.29 is 4.98 Å². The van der Waals surface area contributed by atoms with Gasteiger partial charge in [-0.3, -0.25) is 0 Å². The van der Waals surface area contributed by atoms with Gasteiger partial charge in [0.05, 0.1) is 0 Å². The van der Waals surface area contributed by atoms with Crippen LogP contribution in [0.4, 0.5) is 0 Å². The molecule has 0 fully saturated rings. The Morgan fingerprint density at radius 1 is 1.43 bits per heavy atom. The molecule has 0 atom stereocenters. The Labute approximate surface area is 50.5 Å². The van der Waals surface area contributed by atoms with Crippen LogP contribution in [0.3, 0.4) is 0 Å². The Balaban J connectivity index is 3.02. The smallest absolute Gasteiger partial charge is 0.206 e. The summed E-state index contributed by atoms with van der Waals surface area (Å²) in [6, 6.07) is 5.84. The molecule has 2 heteroatoms. The molecule has 1 aromatic rings. The van der Waals surface area contributed by atoms with Gasteiger partial charge < -0.3 is 0 Å². The molecule has 0 bridgehead atoms. The Morgan fingerprint density at radius 3 is 2.57 bits per heavy atom. The van der Waals surface area contributed by atoms with E-state index in [-0.39, 0.29) is 0 Å². The van der Waals surface area contributed by atoms with Gasteiger partial charge in [-0.2, -0.15) is 0 Å². The molecule has 0 saturated heterocycles. The minimum absolute atomic E-state index is 1.01. The molecule has 36 valence electrons. The average Bonchev–Trinajstić information content (AvgIpc) is 1.69. The average molecular weight is 159 g/mol. The van der Waals surface area contributed by atoms with Crippen LogP contribution in [0.25, 0.3) is 0 Å². The molecule has 0 spiro atoms. The first-order valence-corrected chi connectivity index (χ1v) is 2.81. The van der Waals surface area contributed by atoms with Gasteiger partial charge in [0.2, 0.25) is 4.60 Å². The highest BCUT2D eigenvalue weighted by atomic mass is 79.9. The van der Waals surface area contributed by atoms with E-state index in [1.807, 2.05) is 24.4 Å². The summed E-state index contributed by atoms with van der Waals surface area (Å²) in [4.78, 5) is 2.95. The van der Waals surface area contributed by atoms with Crippen molar-refractivity contribution in [2.75, 3.05) is 0 Å². The van der Waals surface area contributed by atoms with Gasteiger partial charge in [0.1, 0.15) is 0 Å². The van der Waals surface area contributed by atoms with Gasteiger partial charge in [0.15, 0.2) is 6.20 Å². The number of rotatable bonds is 0. The standard InChI is InChI=1S/C5H4BrN/c6-5-3-1-2-4-7-5/h1-4H/p+1. The second kappa shape index (κ2) is 2.07. The molecule has 1 rings (SSSR count). The van der Waals surface area contributed by atoms with E-state index in [1.54, 1.807) is 0 Å². The zero-order chi connectivity index (χ0) is 5.11. The molecule has 0 amide bonds. The van der Waals surface area contributed by atoms with E-state index < -0.39 is 0 Å². The molecule has 1 heterocycles. The van der Waals surface area contributed by atoms with E-state index in [1.165, 1.54) is 0 Å². The van der Waals surface area contributed by atoms with E-state index in [0.717, 1.165) is 4.60 Å². The minimum atomic E-state index is 1.01. The van der Waals surface area contributed by atoms with E-state index >= 15 is 0 Å². The van der Waals surface area contributed by atoms with Gasteiger partial charge in [-0.15, -0.1) is 0 Å². The number of aromatic nitrogens is 1. The van der Waals surface area contributed by atoms with Crippen LogP contribution in [-0.4, -0.2) is 0 Å². The molecule has 0 aliphatic rings. The minimum Gasteiger partial charge on any atom is -0.206 e. The lowest BCUT2D eigenvalue weighted by molar-refractivity contribution is -0.392. The Morgan fingerprint density at radius 2 is 2.29 bits per heavy atom. The van der Waals surface area contributed by atoms with Gasteiger partial charge in [0.25, 0.3) is 0 Å². The maximum absolute atomic E-state index is 3.26. The Bertz CT molecular complexity index is 138. The lowest BCUT2D eigenvalue weighted by Gasteiger charge is -1.72. The second-order valence-electron chi connectivity index (χ2n) is 1.21. The van der Waals surface area contributed by atoms with Crippen molar-refractivity contribution in [3.05, 3.63) is 29.0 Å². The van der Waals surface area contributed by atoms with Gasteiger partial charge in [-0.1, -0.05) is 0 Å². The van der Waals surface area contributed by atoms with Crippen LogP contribution < -0.4 is 4.98 Å². The van der Waals surface area contributed by atoms with Crippen LogP contribution in [0.5, 0.6) is 0 Å². The predicted octanol–water partition coefficient (Wildman–Crippen LogP) is 1.26. The molecule has 1 aromatic heterocycles. The molecule has 0 aliphatic heterocycles. The molecule has 0 aromatic carbocycles. The first-order chi connectivity index (χ1) is 3.39. The zero-order valence-electron chi connectivity index (χ0n) is 3.69. The highest BCUT2D eigenvalue weighted by Crippen LogP contribution is 1.95. The molecular formula is C5H5BrN+. The third-order valence-electron chi connectivity index (χ3n) is 0.671. The summed E-state index contributed by atoms with van der Waals surface area (Å²) in [6.45, 7) is 0. The summed E-state index contributed by atoms with van der Waals surface area (Å²) < 4.78 is 1.01. The Hall–Kier alpha value is -0.370. The van der Waals surface area contributed by atoms with E-state index in [2.05, 4.69) is 20.9 Å². The number of pyridine rings is 1. The van der Waals surface area contributed by atoms with Crippen molar-refractivity contribution in [3.63, 3.8) is 0 Å². The fourth-order valence-corrected chi connectivity index (χ4v) is 0.656. The summed E-state index contributed by atoms with van der Waals surface area (Å²) in [5.74, 6) is 0. The molecule has 1 nitrogen and oxygen atoms in total. The molecule has 1 N–H and O–H groups in total. The lowest BCUT2D eigenvalue weighted by Crippen LogP contribution is -1.99. The summed E-state index contributed by atoms with van der Waals surface area (Å²) in [5, 5.41) is 0. The number of hydrogen-bond donors (Lipinski definition) is 0. The summed E-state index contributed by atoms with van der Waals surface area (Å²) in [7, 11) is 0. The van der Waals surface area contributed by atoms with Crippen LogP contribution in [0.15, 0.2) is 29.0 Å². The maximum Gasteiger partial charge on any atom is 0.246 e. The lowest BCUT2D eigenvalue weighted by atomic mass is 10.5. The fourth-order valence-electron chi connectivity index (χ4n) is 0.371. The normalized spacial score (nSPS) is 8.71. The third kappa shape index (κ3) is 1.27. The van der Waals surface area contributed by atoms with Crippen LogP contribution in [-0.2, 0) is 0 Å². The van der Waals surface area contributed by atoms with E-state index in [9.17, 15) is 0 Å². The summed E-state index contributed by atoms with van der Waals surface area (Å²) >= 11 is 3.26. The summed E-state index contributed by atoms with van der Waals surface area (Å²) in [6.07, 6.45) is 1.87. The van der Waals surface area contributed by atoms with Gasteiger partial charge in [-0.05, 0) is 6.07 Å². The molecule has 0 saturated carbocycles. The molecule has 0 unspecified atom stereocenters. The SMILES string of the molecule is Brc1cccc[nH+]1. The highest BCUT2D eigenvalue weighted by molar-refractivity contribution is 9.10. The Kier molecular flexibility index (Phi) is 1.42. The van der Waals surface area contributed by atoms with Crippen LogP contribution >= 0.6 is 15.9 Å². The zero-order valence-corrected chi connectivity index (χ0v) is 5.27. The predicted molar refractivity (Wildman–Crippen MR) is 30.7 cm³/mol. The molecule has 0 aliphatic carbocycles. The second-order valence-corrected chi connectivity index (χ2v) is 2.06. The largest absolute Gasteiger partial charge is 0.246 e. The number of H-pyrrole nitrogens is 1. The van der Waals surface area contributed by atoms with Crippen LogP contribution in [0.2, 0.25) is 0 Å². The van der Waals surface area contributed by atoms with Crippen molar-refractivity contribution in [1.82, 2.24) is 0 Å². The number of nitrogens with one attached hydrogen (secondary N) is 1. The van der Waals surface area contributed by atoms with Crippen molar-refractivity contribution in [2.45, 2.75) is 0 Å². The highest BCUT2D eigenvalue weighted by Gasteiger charge is 1.84. The van der Waals surface area contributed by atoms with Gasteiger partial charge in [0, 0.05) is 28.1 Å². The van der Waals surface area contributed by atoms with Gasteiger partial charge in [-0.25, -0.2) is 4.98 Å². The molecule has 7 heavy (non-hydrogen) atoms. The molecular weight excluding hydrogens is 154 g/mol. The fraction of sp³-hybridized carbons (Fsp3) is 0. The van der Waals surface area contributed by atoms with E-state index in [4.69, 9.17) is 0 Å². The topological polar surface area (TPSA) is 14.1 Å². The van der Waals surface area contributed by atoms with Crippen molar-refractivity contribution in [2.24, 2.45) is 0 Å².